The molecule has 2 aromatic carbocycles. The summed E-state index contributed by atoms with van der Waals surface area (Å²) in [5.74, 6) is 1.27. The standard InChI is InChI=1S/C16H14ClNO3/c17-12-3-1-11(2-4-12)9-16(19)18-13-5-6-14-15(10-13)21-8-7-20-14/h1-6,10H,7-9H2,(H,18,19). The zero-order chi connectivity index (χ0) is 14.7. The Bertz CT molecular complexity index is 655. The summed E-state index contributed by atoms with van der Waals surface area (Å²) in [6, 6.07) is 12.6. The Morgan fingerprint density at radius 2 is 1.76 bits per heavy atom. The molecule has 1 aliphatic rings. The molecule has 21 heavy (non-hydrogen) atoms. The van der Waals surface area contributed by atoms with Crippen LogP contribution in [0.15, 0.2) is 42.5 Å². The number of benzene rings is 2. The lowest BCUT2D eigenvalue weighted by molar-refractivity contribution is -0.115. The molecule has 1 N–H and O–H groups in total. The van der Waals surface area contributed by atoms with Crippen molar-refractivity contribution in [3.63, 3.8) is 0 Å². The molecule has 1 heterocycles. The number of fused-ring (bicyclic) bond motifs is 1. The van der Waals surface area contributed by atoms with Crippen LogP contribution in [0.2, 0.25) is 5.02 Å². The van der Waals surface area contributed by atoms with Gasteiger partial charge in [-0.3, -0.25) is 4.79 Å². The fourth-order valence-electron chi connectivity index (χ4n) is 2.11. The highest BCUT2D eigenvalue weighted by Crippen LogP contribution is 2.32. The Morgan fingerprint density at radius 3 is 2.52 bits per heavy atom. The first kappa shape index (κ1) is 13.8. The van der Waals surface area contributed by atoms with Gasteiger partial charge < -0.3 is 14.8 Å². The third kappa shape index (κ3) is 3.47. The number of hydrogen-bond donors (Lipinski definition) is 1. The van der Waals surface area contributed by atoms with E-state index in [1.165, 1.54) is 0 Å². The molecule has 0 aliphatic carbocycles. The van der Waals surface area contributed by atoms with Gasteiger partial charge in [0.2, 0.25) is 5.91 Å². The van der Waals surface area contributed by atoms with Gasteiger partial charge >= 0.3 is 0 Å². The zero-order valence-electron chi connectivity index (χ0n) is 11.3. The highest BCUT2D eigenvalue weighted by molar-refractivity contribution is 6.30. The summed E-state index contributed by atoms with van der Waals surface area (Å²) in [5.41, 5.74) is 1.60. The number of carbonyl (C=O) groups excluding carboxylic acids is 1. The van der Waals surface area contributed by atoms with Crippen LogP contribution in [0.25, 0.3) is 0 Å². The molecular weight excluding hydrogens is 290 g/mol. The van der Waals surface area contributed by atoms with Crippen molar-refractivity contribution < 1.29 is 14.3 Å². The SMILES string of the molecule is O=C(Cc1ccc(Cl)cc1)Nc1ccc2c(c1)OCCO2. The lowest BCUT2D eigenvalue weighted by Gasteiger charge is -2.19. The molecule has 108 valence electrons. The number of carbonyl (C=O) groups is 1. The van der Waals surface area contributed by atoms with Crippen LogP contribution in [-0.2, 0) is 11.2 Å². The molecule has 0 radical (unpaired) electrons. The number of hydrogen-bond acceptors (Lipinski definition) is 3. The normalized spacial score (nSPS) is 12.8. The number of nitrogens with one attached hydrogen (secondary N) is 1. The minimum Gasteiger partial charge on any atom is -0.486 e. The van der Waals surface area contributed by atoms with Crippen molar-refractivity contribution >= 4 is 23.2 Å². The Labute approximate surface area is 127 Å². The maximum absolute atomic E-state index is 12.0. The number of halogens is 1. The Kier molecular flexibility index (Phi) is 3.97. The first-order valence-electron chi connectivity index (χ1n) is 6.65. The molecule has 5 heteroatoms. The number of amides is 1. The van der Waals surface area contributed by atoms with Gasteiger partial charge in [-0.2, -0.15) is 0 Å². The van der Waals surface area contributed by atoms with E-state index in [1.807, 2.05) is 12.1 Å². The summed E-state index contributed by atoms with van der Waals surface area (Å²) in [6.07, 6.45) is 0.297. The summed E-state index contributed by atoms with van der Waals surface area (Å²) in [7, 11) is 0. The minimum atomic E-state index is -0.0889. The lowest BCUT2D eigenvalue weighted by Crippen LogP contribution is -2.17. The van der Waals surface area contributed by atoms with E-state index in [2.05, 4.69) is 5.32 Å². The van der Waals surface area contributed by atoms with Crippen LogP contribution in [0.4, 0.5) is 5.69 Å². The second-order valence-corrected chi connectivity index (χ2v) is 5.15. The molecule has 3 rings (SSSR count). The predicted octanol–water partition coefficient (Wildman–Crippen LogP) is 3.29. The highest BCUT2D eigenvalue weighted by Gasteiger charge is 2.12. The van der Waals surface area contributed by atoms with Crippen LogP contribution in [0, 0.1) is 0 Å². The number of rotatable bonds is 3. The Hall–Kier alpha value is -2.20. The van der Waals surface area contributed by atoms with Gasteiger partial charge in [-0.1, -0.05) is 23.7 Å². The summed E-state index contributed by atoms with van der Waals surface area (Å²) in [6.45, 7) is 1.07. The van der Waals surface area contributed by atoms with Crippen LogP contribution in [0.3, 0.4) is 0 Å². The van der Waals surface area contributed by atoms with Crippen molar-refractivity contribution in [2.75, 3.05) is 18.5 Å². The van der Waals surface area contributed by atoms with Gasteiger partial charge in [0.25, 0.3) is 0 Å². The molecule has 0 unspecified atom stereocenters. The topological polar surface area (TPSA) is 47.6 Å². The third-order valence-electron chi connectivity index (χ3n) is 3.10. The molecule has 0 fully saturated rings. The monoisotopic (exact) mass is 303 g/mol. The van der Waals surface area contributed by atoms with Gasteiger partial charge in [0, 0.05) is 16.8 Å². The molecule has 0 saturated carbocycles. The molecule has 2 aromatic rings. The molecule has 0 spiro atoms. The van der Waals surface area contributed by atoms with Crippen molar-refractivity contribution in [2.24, 2.45) is 0 Å². The van der Waals surface area contributed by atoms with Crippen molar-refractivity contribution in [3.05, 3.63) is 53.1 Å². The van der Waals surface area contributed by atoms with Gasteiger partial charge in [-0.15, -0.1) is 0 Å². The smallest absolute Gasteiger partial charge is 0.228 e. The largest absolute Gasteiger partial charge is 0.486 e. The summed E-state index contributed by atoms with van der Waals surface area (Å²) >= 11 is 5.82. The zero-order valence-corrected chi connectivity index (χ0v) is 12.0. The first-order valence-corrected chi connectivity index (χ1v) is 7.02. The number of ether oxygens (including phenoxy) is 2. The van der Waals surface area contributed by atoms with Gasteiger partial charge in [-0.05, 0) is 29.8 Å². The Morgan fingerprint density at radius 1 is 1.05 bits per heavy atom. The maximum atomic E-state index is 12.0. The predicted molar refractivity (Wildman–Crippen MR) is 81.2 cm³/mol. The second kappa shape index (κ2) is 6.06. The van der Waals surface area contributed by atoms with E-state index in [9.17, 15) is 4.79 Å². The second-order valence-electron chi connectivity index (χ2n) is 4.71. The van der Waals surface area contributed by atoms with Gasteiger partial charge in [0.15, 0.2) is 11.5 Å². The van der Waals surface area contributed by atoms with E-state index in [0.29, 0.717) is 41.8 Å². The average Bonchev–Trinajstić information content (AvgIpc) is 2.49. The third-order valence-corrected chi connectivity index (χ3v) is 3.36. The molecule has 0 bridgehead atoms. The maximum Gasteiger partial charge on any atom is 0.228 e. The minimum absolute atomic E-state index is 0.0889. The van der Waals surface area contributed by atoms with E-state index in [-0.39, 0.29) is 5.91 Å². The molecule has 0 saturated heterocycles. The molecule has 0 aromatic heterocycles. The summed E-state index contributed by atoms with van der Waals surface area (Å²) in [5, 5.41) is 3.51. The van der Waals surface area contributed by atoms with Crippen LogP contribution in [0.5, 0.6) is 11.5 Å². The number of anilines is 1. The molecule has 1 aliphatic heterocycles. The van der Waals surface area contributed by atoms with E-state index in [1.54, 1.807) is 30.3 Å². The van der Waals surface area contributed by atoms with E-state index >= 15 is 0 Å². The van der Waals surface area contributed by atoms with Gasteiger partial charge in [-0.25, -0.2) is 0 Å². The average molecular weight is 304 g/mol. The molecular formula is C16H14ClNO3. The summed E-state index contributed by atoms with van der Waals surface area (Å²) < 4.78 is 10.9. The van der Waals surface area contributed by atoms with Crippen LogP contribution in [-0.4, -0.2) is 19.1 Å². The highest BCUT2D eigenvalue weighted by atomic mass is 35.5. The van der Waals surface area contributed by atoms with Crippen molar-refractivity contribution in [3.8, 4) is 11.5 Å². The van der Waals surface area contributed by atoms with Crippen LogP contribution in [0.1, 0.15) is 5.56 Å². The molecule has 0 atom stereocenters. The van der Waals surface area contributed by atoms with E-state index in [4.69, 9.17) is 21.1 Å². The Balaban J connectivity index is 1.65. The van der Waals surface area contributed by atoms with E-state index < -0.39 is 0 Å². The van der Waals surface area contributed by atoms with Crippen molar-refractivity contribution in [1.29, 1.82) is 0 Å². The summed E-state index contributed by atoms with van der Waals surface area (Å²) in [4.78, 5) is 12.0. The van der Waals surface area contributed by atoms with Crippen molar-refractivity contribution in [2.45, 2.75) is 6.42 Å². The lowest BCUT2D eigenvalue weighted by atomic mass is 10.1. The first-order chi connectivity index (χ1) is 10.2. The molecule has 4 nitrogen and oxygen atoms in total. The van der Waals surface area contributed by atoms with Crippen molar-refractivity contribution in [1.82, 2.24) is 0 Å². The quantitative estimate of drug-likeness (QED) is 0.946. The van der Waals surface area contributed by atoms with Crippen LogP contribution < -0.4 is 14.8 Å². The van der Waals surface area contributed by atoms with Crippen LogP contribution >= 0.6 is 11.6 Å². The molecule has 1 amide bonds. The fraction of sp³-hybridized carbons (Fsp3) is 0.188. The van der Waals surface area contributed by atoms with Gasteiger partial charge in [0.1, 0.15) is 13.2 Å². The van der Waals surface area contributed by atoms with Gasteiger partial charge in [0.05, 0.1) is 6.42 Å². The fourth-order valence-corrected chi connectivity index (χ4v) is 2.24. The van der Waals surface area contributed by atoms with E-state index in [0.717, 1.165) is 5.56 Å².